The minimum atomic E-state index is -0.653. The van der Waals surface area contributed by atoms with E-state index in [1.54, 1.807) is 111 Å². The van der Waals surface area contributed by atoms with E-state index in [4.69, 9.17) is 14.2 Å². The highest BCUT2D eigenvalue weighted by Crippen LogP contribution is 2.35. The smallest absolute Gasteiger partial charge is 0.341 e. The average molecular weight is 779 g/mol. The van der Waals surface area contributed by atoms with Crippen molar-refractivity contribution in [1.29, 1.82) is 0 Å². The van der Waals surface area contributed by atoms with Crippen LogP contribution in [0.4, 0.5) is 16.4 Å². The van der Waals surface area contributed by atoms with Gasteiger partial charge in [0.05, 0.1) is 37.0 Å². The molecule has 55 heavy (non-hydrogen) atoms. The fourth-order valence-corrected chi connectivity index (χ4v) is 7.06. The number of esters is 1. The van der Waals surface area contributed by atoms with E-state index < -0.39 is 29.6 Å². The summed E-state index contributed by atoms with van der Waals surface area (Å²) >= 11 is 2.18. The van der Waals surface area contributed by atoms with Crippen LogP contribution in [0.15, 0.2) is 114 Å². The van der Waals surface area contributed by atoms with Crippen molar-refractivity contribution in [2.24, 2.45) is 0 Å². The van der Waals surface area contributed by atoms with E-state index in [9.17, 15) is 24.0 Å². The number of nitrogens with one attached hydrogen (secondary N) is 4. The van der Waals surface area contributed by atoms with Gasteiger partial charge in [-0.25, -0.2) is 4.79 Å². The molecule has 14 heteroatoms. The second-order valence-electron chi connectivity index (χ2n) is 11.6. The van der Waals surface area contributed by atoms with E-state index in [1.807, 2.05) is 6.07 Å². The molecular weight excluding hydrogens is 741 g/mol. The molecular formula is C41H38N4O8S2. The quantitative estimate of drug-likeness (QED) is 0.0476. The van der Waals surface area contributed by atoms with Gasteiger partial charge in [-0.1, -0.05) is 42.5 Å². The van der Waals surface area contributed by atoms with Crippen LogP contribution in [0, 0.1) is 6.92 Å². The molecule has 0 unspecified atom stereocenters. The van der Waals surface area contributed by atoms with E-state index in [0.717, 1.165) is 11.3 Å². The number of methoxy groups -OCH3 is 2. The number of hydrogen-bond donors (Lipinski definition) is 4. The van der Waals surface area contributed by atoms with Crippen molar-refractivity contribution in [3.05, 3.63) is 136 Å². The van der Waals surface area contributed by atoms with Crippen LogP contribution in [-0.2, 0) is 14.3 Å². The number of thiophene rings is 1. The van der Waals surface area contributed by atoms with E-state index >= 15 is 0 Å². The molecule has 0 spiro atoms. The van der Waals surface area contributed by atoms with Gasteiger partial charge in [0.1, 0.15) is 22.2 Å². The van der Waals surface area contributed by atoms with Crippen molar-refractivity contribution in [3.8, 4) is 11.5 Å². The molecule has 5 aromatic rings. The summed E-state index contributed by atoms with van der Waals surface area (Å²) in [4.78, 5) is 67.1. The van der Waals surface area contributed by atoms with Gasteiger partial charge in [0.15, 0.2) is 0 Å². The third-order valence-corrected chi connectivity index (χ3v) is 10.0. The van der Waals surface area contributed by atoms with E-state index in [-0.39, 0.29) is 33.5 Å². The molecule has 0 aliphatic carbocycles. The van der Waals surface area contributed by atoms with Crippen LogP contribution in [0.5, 0.6) is 11.5 Å². The Morgan fingerprint density at radius 1 is 0.764 bits per heavy atom. The Kier molecular flexibility index (Phi) is 13.8. The molecule has 0 aliphatic heterocycles. The summed E-state index contributed by atoms with van der Waals surface area (Å²) in [5, 5.41) is 11.3. The molecule has 4 aromatic carbocycles. The molecule has 0 atom stereocenters. The van der Waals surface area contributed by atoms with Crippen LogP contribution in [0.25, 0.3) is 6.08 Å². The van der Waals surface area contributed by atoms with Gasteiger partial charge in [-0.15, -0.1) is 23.1 Å². The Morgan fingerprint density at radius 3 is 2.16 bits per heavy atom. The Bertz CT molecular complexity index is 2220. The van der Waals surface area contributed by atoms with Gasteiger partial charge in [0.25, 0.3) is 17.7 Å². The molecule has 0 saturated heterocycles. The molecule has 1 aromatic heterocycles. The van der Waals surface area contributed by atoms with Crippen LogP contribution >= 0.6 is 23.1 Å². The number of benzene rings is 4. The maximum atomic E-state index is 13.7. The highest BCUT2D eigenvalue weighted by Gasteiger charge is 2.27. The first kappa shape index (κ1) is 39.8. The number of para-hydroxylation sites is 1. The second kappa shape index (κ2) is 19.1. The lowest BCUT2D eigenvalue weighted by Crippen LogP contribution is -2.30. The summed E-state index contributed by atoms with van der Waals surface area (Å²) in [5.41, 5.74) is 2.28. The van der Waals surface area contributed by atoms with Crippen molar-refractivity contribution in [1.82, 2.24) is 5.32 Å². The van der Waals surface area contributed by atoms with E-state index in [2.05, 4.69) is 21.3 Å². The molecule has 0 radical (unpaired) electrons. The van der Waals surface area contributed by atoms with Gasteiger partial charge in [0, 0.05) is 27.4 Å². The Morgan fingerprint density at radius 2 is 1.47 bits per heavy atom. The molecule has 0 bridgehead atoms. The first-order valence-electron chi connectivity index (χ1n) is 16.9. The second-order valence-corrected chi connectivity index (χ2v) is 13.7. The summed E-state index contributed by atoms with van der Waals surface area (Å²) < 4.78 is 16.1. The topological polar surface area (TPSA) is 161 Å². The maximum absolute atomic E-state index is 13.7. The summed E-state index contributed by atoms with van der Waals surface area (Å²) in [6, 6.07) is 29.3. The number of anilines is 3. The zero-order chi connectivity index (χ0) is 39.3. The van der Waals surface area contributed by atoms with Crippen molar-refractivity contribution in [2.75, 3.05) is 42.5 Å². The monoisotopic (exact) mass is 778 g/mol. The standard InChI is InChI=1S/C41H38N4O8S2/c1-5-53-41(50)35-25(2)36(39(49)42-28-15-10-7-11-16-28)55-40(35)45-34(46)24-54-31-18-12-17-29(23-31)43-38(48)32(44-37(47)26-13-8-6-9-14-26)22-27-21-30(51-3)19-20-33(27)52-4/h6-23H,5,24H2,1-4H3,(H,42,49)(H,43,48)(H,44,47)(H,45,46)/b32-22+. The third-order valence-electron chi connectivity index (χ3n) is 7.84. The first-order valence-corrected chi connectivity index (χ1v) is 18.7. The highest BCUT2D eigenvalue weighted by atomic mass is 32.2. The number of rotatable bonds is 15. The van der Waals surface area contributed by atoms with Gasteiger partial charge in [0.2, 0.25) is 5.91 Å². The maximum Gasteiger partial charge on any atom is 0.341 e. The van der Waals surface area contributed by atoms with Crippen LogP contribution < -0.4 is 30.7 Å². The van der Waals surface area contributed by atoms with Crippen LogP contribution in [-0.4, -0.2) is 56.2 Å². The van der Waals surface area contributed by atoms with Crippen molar-refractivity contribution in [2.45, 2.75) is 18.7 Å². The van der Waals surface area contributed by atoms with Gasteiger partial charge in [-0.3, -0.25) is 19.2 Å². The largest absolute Gasteiger partial charge is 0.497 e. The van der Waals surface area contributed by atoms with Crippen molar-refractivity contribution >= 4 is 75.1 Å². The number of hydrogen-bond acceptors (Lipinski definition) is 10. The Labute approximate surface area is 326 Å². The molecule has 0 saturated carbocycles. The van der Waals surface area contributed by atoms with Crippen molar-refractivity contribution in [3.63, 3.8) is 0 Å². The fraction of sp³-hybridized carbons (Fsp3) is 0.146. The highest BCUT2D eigenvalue weighted by molar-refractivity contribution is 8.00. The normalized spacial score (nSPS) is 10.9. The number of amides is 4. The molecule has 4 N–H and O–H groups in total. The Balaban J connectivity index is 1.31. The van der Waals surface area contributed by atoms with Gasteiger partial charge in [-0.05, 0) is 86.2 Å². The summed E-state index contributed by atoms with van der Waals surface area (Å²) in [6.07, 6.45) is 1.49. The molecule has 5 rings (SSSR count). The molecule has 12 nitrogen and oxygen atoms in total. The predicted octanol–water partition coefficient (Wildman–Crippen LogP) is 7.64. The van der Waals surface area contributed by atoms with Crippen LogP contribution in [0.3, 0.4) is 0 Å². The van der Waals surface area contributed by atoms with E-state index in [0.29, 0.717) is 44.5 Å². The van der Waals surface area contributed by atoms with Gasteiger partial charge in [-0.2, -0.15) is 0 Å². The molecule has 0 fully saturated rings. The molecule has 282 valence electrons. The fourth-order valence-electron chi connectivity index (χ4n) is 5.20. The molecule has 4 amide bonds. The zero-order valence-corrected chi connectivity index (χ0v) is 32.0. The SMILES string of the molecule is CCOC(=O)c1c(NC(=O)CSc2cccc(NC(=O)/C(=C\c3cc(OC)ccc3OC)NC(=O)c3ccccc3)c2)sc(C(=O)Nc2ccccc2)c1C. The van der Waals surface area contributed by atoms with E-state index in [1.165, 1.54) is 32.1 Å². The predicted molar refractivity (Wildman–Crippen MR) is 215 cm³/mol. The molecule has 1 heterocycles. The van der Waals surface area contributed by atoms with Crippen LogP contribution in [0.2, 0.25) is 0 Å². The zero-order valence-electron chi connectivity index (χ0n) is 30.4. The van der Waals surface area contributed by atoms with Crippen molar-refractivity contribution < 1.29 is 38.2 Å². The van der Waals surface area contributed by atoms with Gasteiger partial charge >= 0.3 is 5.97 Å². The van der Waals surface area contributed by atoms with Crippen LogP contribution in [0.1, 0.15) is 48.4 Å². The summed E-state index contributed by atoms with van der Waals surface area (Å²) in [7, 11) is 3.01. The number of carbonyl (C=O) groups is 5. The van der Waals surface area contributed by atoms with Gasteiger partial charge < -0.3 is 35.5 Å². The third kappa shape index (κ3) is 10.6. The minimum Gasteiger partial charge on any atom is -0.497 e. The Hall–Kier alpha value is -6.38. The summed E-state index contributed by atoms with van der Waals surface area (Å²) in [5.74, 6) is -1.69. The molecule has 0 aliphatic rings. The summed E-state index contributed by atoms with van der Waals surface area (Å²) in [6.45, 7) is 3.42. The lowest BCUT2D eigenvalue weighted by atomic mass is 10.1. The first-order chi connectivity index (χ1) is 26.6. The average Bonchev–Trinajstić information content (AvgIpc) is 3.52. The number of ether oxygens (including phenoxy) is 3. The number of thioether (sulfide) groups is 1. The lowest BCUT2D eigenvalue weighted by molar-refractivity contribution is -0.114. The lowest BCUT2D eigenvalue weighted by Gasteiger charge is -2.14. The minimum absolute atomic E-state index is 0.0571. The number of carbonyl (C=O) groups excluding carboxylic acids is 5.